The fourth-order valence-electron chi connectivity index (χ4n) is 6.67. The number of benzene rings is 2. The standard InChI is InChI=1S/C38H48N8O6/c1-39-23-35(47)40-17-7-5-11-33-42-21-27(44-33)25-13-15-29-31(19-25)51-30-16-14-26(20-32(30)52-29)28-22-43-34(45-28)12-6-8-18-41-37(48)36(46-38(49)50-2)24-9-3-4-10-24/h13-16,19-22,24,36,39H,3-12,17-18,23H2,1-2H3,(H,40,47)(H,41,48)(H,42,44)(H,43,45)(H,46,49)/t36-/m0/s1. The maximum Gasteiger partial charge on any atom is 0.407 e. The zero-order chi connectivity index (χ0) is 36.3. The number of rotatable bonds is 17. The van der Waals surface area contributed by atoms with E-state index in [2.05, 4.69) is 41.2 Å². The number of aromatic nitrogens is 4. The maximum absolute atomic E-state index is 12.9. The first-order valence-electron chi connectivity index (χ1n) is 18.2. The third-order valence-corrected chi connectivity index (χ3v) is 9.46. The summed E-state index contributed by atoms with van der Waals surface area (Å²) < 4.78 is 17.2. The highest BCUT2D eigenvalue weighted by Crippen LogP contribution is 2.47. The van der Waals surface area contributed by atoms with Gasteiger partial charge in [-0.3, -0.25) is 9.59 Å². The van der Waals surface area contributed by atoms with Gasteiger partial charge in [-0.15, -0.1) is 0 Å². The molecule has 2 aromatic heterocycles. The van der Waals surface area contributed by atoms with Gasteiger partial charge in [0.2, 0.25) is 11.8 Å². The van der Waals surface area contributed by atoms with E-state index in [0.29, 0.717) is 42.6 Å². The maximum atomic E-state index is 12.9. The summed E-state index contributed by atoms with van der Waals surface area (Å²) in [4.78, 5) is 52.2. The second-order valence-electron chi connectivity index (χ2n) is 13.3. The summed E-state index contributed by atoms with van der Waals surface area (Å²) in [6.07, 6.45) is 12.0. The highest BCUT2D eigenvalue weighted by Gasteiger charge is 2.32. The number of hydrogen-bond acceptors (Lipinski definition) is 9. The smallest absolute Gasteiger partial charge is 0.407 e. The monoisotopic (exact) mass is 712 g/mol. The number of methoxy groups -OCH3 is 1. The molecule has 1 atom stereocenters. The minimum atomic E-state index is -0.577. The summed E-state index contributed by atoms with van der Waals surface area (Å²) in [6, 6.07) is 11.1. The van der Waals surface area contributed by atoms with Crippen LogP contribution < -0.4 is 30.7 Å². The third kappa shape index (κ3) is 9.49. The number of ether oxygens (including phenoxy) is 3. The van der Waals surface area contributed by atoms with Crippen LogP contribution in [0, 0.1) is 5.92 Å². The van der Waals surface area contributed by atoms with Gasteiger partial charge in [-0.05, 0) is 87.9 Å². The number of nitrogens with zero attached hydrogens (tertiary/aromatic N) is 2. The minimum Gasteiger partial charge on any atom is -0.453 e. The third-order valence-electron chi connectivity index (χ3n) is 9.46. The number of aromatic amines is 2. The molecule has 14 nitrogen and oxygen atoms in total. The summed E-state index contributed by atoms with van der Waals surface area (Å²) in [7, 11) is 3.06. The molecule has 3 amide bonds. The number of hydrogen-bond donors (Lipinski definition) is 6. The van der Waals surface area contributed by atoms with Crippen LogP contribution in [-0.2, 0) is 27.2 Å². The van der Waals surface area contributed by atoms with E-state index in [-0.39, 0.29) is 17.7 Å². The molecule has 0 radical (unpaired) electrons. The van der Waals surface area contributed by atoms with Crippen LogP contribution in [0.2, 0.25) is 0 Å². The van der Waals surface area contributed by atoms with Crippen LogP contribution in [0.3, 0.4) is 0 Å². The number of imidazole rings is 2. The second kappa shape index (κ2) is 17.7. The summed E-state index contributed by atoms with van der Waals surface area (Å²) in [5.41, 5.74) is 3.63. The molecule has 1 fully saturated rings. The van der Waals surface area contributed by atoms with Crippen LogP contribution in [-0.4, -0.2) is 77.7 Å². The molecular weight excluding hydrogens is 664 g/mol. The lowest BCUT2D eigenvalue weighted by Crippen LogP contribution is -2.50. The molecule has 14 heteroatoms. The number of carbonyl (C=O) groups is 3. The molecule has 6 rings (SSSR count). The zero-order valence-electron chi connectivity index (χ0n) is 29.8. The van der Waals surface area contributed by atoms with E-state index < -0.39 is 12.1 Å². The van der Waals surface area contributed by atoms with Crippen molar-refractivity contribution in [2.24, 2.45) is 5.92 Å². The summed E-state index contributed by atoms with van der Waals surface area (Å²) in [6.45, 7) is 1.49. The van der Waals surface area contributed by atoms with Crippen molar-refractivity contribution in [3.05, 3.63) is 60.4 Å². The topological polar surface area (TPSA) is 184 Å². The van der Waals surface area contributed by atoms with Crippen molar-refractivity contribution in [1.82, 2.24) is 41.2 Å². The first-order valence-corrected chi connectivity index (χ1v) is 18.2. The van der Waals surface area contributed by atoms with Gasteiger partial charge in [0.15, 0.2) is 23.0 Å². The summed E-state index contributed by atoms with van der Waals surface area (Å²) in [5.74, 6) is 4.24. The Kier molecular flexibility index (Phi) is 12.4. The van der Waals surface area contributed by atoms with Gasteiger partial charge in [0, 0.05) is 37.1 Å². The first-order chi connectivity index (χ1) is 25.4. The number of carbonyl (C=O) groups excluding carboxylic acids is 3. The fourth-order valence-corrected chi connectivity index (χ4v) is 6.67. The van der Waals surface area contributed by atoms with E-state index >= 15 is 0 Å². The molecule has 52 heavy (non-hydrogen) atoms. The predicted molar refractivity (Wildman–Crippen MR) is 195 cm³/mol. The lowest BCUT2D eigenvalue weighted by Gasteiger charge is -2.23. The Bertz CT molecular complexity index is 1830. The lowest BCUT2D eigenvalue weighted by atomic mass is 9.97. The zero-order valence-corrected chi connectivity index (χ0v) is 29.8. The lowest BCUT2D eigenvalue weighted by molar-refractivity contribution is -0.124. The van der Waals surface area contributed by atoms with Crippen molar-refractivity contribution in [2.45, 2.75) is 70.3 Å². The van der Waals surface area contributed by atoms with Crippen molar-refractivity contribution in [3.63, 3.8) is 0 Å². The highest BCUT2D eigenvalue weighted by atomic mass is 16.6. The molecule has 6 N–H and O–H groups in total. The minimum absolute atomic E-state index is 0.00178. The van der Waals surface area contributed by atoms with Crippen molar-refractivity contribution in [1.29, 1.82) is 0 Å². The average Bonchev–Trinajstić information content (AvgIpc) is 3.96. The molecule has 1 saturated carbocycles. The number of amides is 3. The average molecular weight is 713 g/mol. The van der Waals surface area contributed by atoms with Gasteiger partial charge in [-0.25, -0.2) is 14.8 Å². The quantitative estimate of drug-likeness (QED) is 0.0690. The fraction of sp³-hybridized carbons (Fsp3) is 0.447. The van der Waals surface area contributed by atoms with E-state index in [1.165, 1.54) is 7.11 Å². The Balaban J connectivity index is 0.964. The predicted octanol–water partition coefficient (Wildman–Crippen LogP) is 5.38. The van der Waals surface area contributed by atoms with E-state index in [0.717, 1.165) is 98.4 Å². The van der Waals surface area contributed by atoms with Crippen molar-refractivity contribution >= 4 is 17.9 Å². The van der Waals surface area contributed by atoms with Crippen LogP contribution in [0.5, 0.6) is 23.0 Å². The van der Waals surface area contributed by atoms with E-state index in [1.54, 1.807) is 7.05 Å². The number of alkyl carbamates (subject to hydrolysis) is 1. The number of fused-ring (bicyclic) bond motifs is 2. The number of H-pyrrole nitrogens is 2. The van der Waals surface area contributed by atoms with Gasteiger partial charge in [-0.1, -0.05) is 12.8 Å². The number of unbranched alkanes of at least 4 members (excludes halogenated alkanes) is 2. The van der Waals surface area contributed by atoms with Gasteiger partial charge in [0.1, 0.15) is 17.7 Å². The molecule has 4 aromatic rings. The molecule has 0 spiro atoms. The van der Waals surface area contributed by atoms with E-state index in [9.17, 15) is 14.4 Å². The summed E-state index contributed by atoms with van der Waals surface area (Å²) >= 11 is 0. The van der Waals surface area contributed by atoms with Crippen molar-refractivity contribution in [2.75, 3.05) is 33.8 Å². The molecule has 1 aliphatic carbocycles. The second-order valence-corrected chi connectivity index (χ2v) is 13.3. The van der Waals surface area contributed by atoms with E-state index in [1.807, 2.05) is 48.8 Å². The molecule has 1 aliphatic heterocycles. The van der Waals surface area contributed by atoms with Gasteiger partial charge in [0.25, 0.3) is 0 Å². The summed E-state index contributed by atoms with van der Waals surface area (Å²) in [5, 5.41) is 11.4. The Labute approximate surface area is 303 Å². The SMILES string of the molecule is CNCC(=O)NCCCCc1ncc(-c2ccc3c(c2)Oc2ccc(-c4cnc(CCCCNC(=O)[C@@H](NC(=O)OC)C5CCCC5)[nH]4)cc2O3)[nH]1. The van der Waals surface area contributed by atoms with Crippen LogP contribution >= 0.6 is 0 Å². The number of likely N-dealkylation sites (N-methyl/N-ethyl adjacent to an activating group) is 1. The van der Waals surface area contributed by atoms with Crippen molar-refractivity contribution < 1.29 is 28.6 Å². The van der Waals surface area contributed by atoms with Gasteiger partial charge < -0.3 is 45.4 Å². The van der Waals surface area contributed by atoms with Crippen LogP contribution in [0.25, 0.3) is 22.5 Å². The Morgan fingerprint density at radius 3 is 1.90 bits per heavy atom. The molecule has 0 bridgehead atoms. The highest BCUT2D eigenvalue weighted by molar-refractivity contribution is 5.86. The van der Waals surface area contributed by atoms with E-state index in [4.69, 9.17) is 14.2 Å². The van der Waals surface area contributed by atoms with Gasteiger partial charge in [-0.2, -0.15) is 0 Å². The molecule has 0 saturated heterocycles. The molecule has 2 aromatic carbocycles. The van der Waals surface area contributed by atoms with Crippen LogP contribution in [0.15, 0.2) is 48.8 Å². The number of nitrogens with one attached hydrogen (secondary N) is 6. The largest absolute Gasteiger partial charge is 0.453 e. The molecule has 2 aliphatic rings. The molecular formula is C38H48N8O6. The number of aryl methyl sites for hydroxylation is 2. The van der Waals surface area contributed by atoms with Gasteiger partial charge in [0.05, 0.1) is 37.4 Å². The Hall–Kier alpha value is -5.37. The normalized spacial score (nSPS) is 14.0. The Morgan fingerprint density at radius 2 is 1.37 bits per heavy atom. The van der Waals surface area contributed by atoms with Crippen LogP contribution in [0.4, 0.5) is 4.79 Å². The Morgan fingerprint density at radius 1 is 0.808 bits per heavy atom. The molecule has 276 valence electrons. The van der Waals surface area contributed by atoms with Gasteiger partial charge >= 0.3 is 6.09 Å². The molecule has 3 heterocycles. The van der Waals surface area contributed by atoms with Crippen LogP contribution in [0.1, 0.15) is 63.0 Å². The van der Waals surface area contributed by atoms with Crippen molar-refractivity contribution in [3.8, 4) is 45.5 Å². The molecule has 0 unspecified atom stereocenters. The first kappa shape index (κ1) is 36.4.